The summed E-state index contributed by atoms with van der Waals surface area (Å²) in [5.74, 6) is 0.870. The topological polar surface area (TPSA) is 110 Å². The zero-order chi connectivity index (χ0) is 14.3. The molecule has 0 spiro atoms. The number of benzene rings is 1. The molecule has 2 amide bonds. The number of hydrogen-bond acceptors (Lipinski definition) is 5. The fourth-order valence-electron chi connectivity index (χ4n) is 1.20. The smallest absolute Gasteiger partial charge is 0.332 e. The Morgan fingerprint density at radius 2 is 2.37 bits per heavy atom. The van der Waals surface area contributed by atoms with Crippen molar-refractivity contribution in [2.75, 3.05) is 13.7 Å². The molecule has 0 aliphatic heterocycles. The van der Waals surface area contributed by atoms with E-state index in [1.807, 2.05) is 6.07 Å². The summed E-state index contributed by atoms with van der Waals surface area (Å²) in [5, 5.41) is 12.1. The summed E-state index contributed by atoms with van der Waals surface area (Å²) in [4.78, 5) is 10.5. The summed E-state index contributed by atoms with van der Waals surface area (Å²) in [7, 11) is 1.48. The summed E-state index contributed by atoms with van der Waals surface area (Å²) in [6, 6.07) is 4.39. The molecule has 0 aromatic heterocycles. The van der Waals surface area contributed by atoms with E-state index in [2.05, 4.69) is 26.5 Å². The van der Waals surface area contributed by atoms with Gasteiger partial charge in [0.1, 0.15) is 6.07 Å². The number of nitrogens with one attached hydrogen (secondary N) is 1. The molecule has 0 aliphatic rings. The first kappa shape index (κ1) is 14.8. The Labute approximate surface area is 118 Å². The standard InChI is InChI=1S/C11H11BrN4O3/c1-18-9-4-7(6-15-16-11(14)17)8(12)5-10(9)19-3-2-13/h4-6H,3H2,1H3,(H3,14,16,17)/b15-6+. The number of nitriles is 1. The van der Waals surface area contributed by atoms with Crippen molar-refractivity contribution in [3.8, 4) is 17.6 Å². The highest BCUT2D eigenvalue weighted by molar-refractivity contribution is 9.10. The average molecular weight is 327 g/mol. The Kier molecular flexibility index (Phi) is 5.63. The van der Waals surface area contributed by atoms with Crippen molar-refractivity contribution in [2.24, 2.45) is 10.8 Å². The third-order valence-corrected chi connectivity index (χ3v) is 2.64. The predicted octanol–water partition coefficient (Wildman–Crippen LogP) is 1.36. The molecule has 1 rings (SSSR count). The molecule has 19 heavy (non-hydrogen) atoms. The van der Waals surface area contributed by atoms with Crippen molar-refractivity contribution in [2.45, 2.75) is 0 Å². The van der Waals surface area contributed by atoms with Gasteiger partial charge in [-0.25, -0.2) is 10.2 Å². The van der Waals surface area contributed by atoms with E-state index >= 15 is 0 Å². The van der Waals surface area contributed by atoms with Crippen molar-refractivity contribution < 1.29 is 14.3 Å². The van der Waals surface area contributed by atoms with Crippen molar-refractivity contribution in [1.29, 1.82) is 5.26 Å². The van der Waals surface area contributed by atoms with Gasteiger partial charge in [0.25, 0.3) is 0 Å². The van der Waals surface area contributed by atoms with E-state index in [0.717, 1.165) is 0 Å². The zero-order valence-corrected chi connectivity index (χ0v) is 11.6. The van der Waals surface area contributed by atoms with E-state index in [0.29, 0.717) is 21.5 Å². The molecule has 0 bridgehead atoms. The maximum atomic E-state index is 10.5. The Hall–Kier alpha value is -2.27. The van der Waals surface area contributed by atoms with Crippen molar-refractivity contribution in [3.05, 3.63) is 22.2 Å². The molecular formula is C11H11BrN4O3. The molecule has 1 aromatic rings. The lowest BCUT2D eigenvalue weighted by Gasteiger charge is -2.10. The summed E-state index contributed by atoms with van der Waals surface area (Å²) in [6.45, 7) is -0.0839. The molecule has 100 valence electrons. The minimum atomic E-state index is -0.756. The van der Waals surface area contributed by atoms with Gasteiger partial charge in [-0.1, -0.05) is 0 Å². The lowest BCUT2D eigenvalue weighted by Crippen LogP contribution is -2.24. The van der Waals surface area contributed by atoms with Gasteiger partial charge in [0.2, 0.25) is 0 Å². The number of methoxy groups -OCH3 is 1. The molecular weight excluding hydrogens is 316 g/mol. The van der Waals surface area contributed by atoms with Gasteiger partial charge < -0.3 is 15.2 Å². The maximum Gasteiger partial charge on any atom is 0.332 e. The van der Waals surface area contributed by atoms with Crippen LogP contribution < -0.4 is 20.6 Å². The summed E-state index contributed by atoms with van der Waals surface area (Å²) >= 11 is 3.32. The number of ether oxygens (including phenoxy) is 2. The first-order valence-electron chi connectivity index (χ1n) is 5.04. The quantitative estimate of drug-likeness (QED) is 0.628. The van der Waals surface area contributed by atoms with Crippen LogP contribution in [0.4, 0.5) is 4.79 Å². The highest BCUT2D eigenvalue weighted by Crippen LogP contribution is 2.32. The Morgan fingerprint density at radius 3 is 2.95 bits per heavy atom. The largest absolute Gasteiger partial charge is 0.493 e. The second-order valence-corrected chi connectivity index (χ2v) is 4.06. The molecule has 0 atom stereocenters. The average Bonchev–Trinajstić information content (AvgIpc) is 2.38. The molecule has 0 unspecified atom stereocenters. The van der Waals surface area contributed by atoms with E-state index in [4.69, 9.17) is 20.5 Å². The van der Waals surface area contributed by atoms with Gasteiger partial charge in [0.05, 0.1) is 13.3 Å². The molecule has 0 aliphatic carbocycles. The fourth-order valence-corrected chi connectivity index (χ4v) is 1.62. The number of hydrogen-bond donors (Lipinski definition) is 2. The molecule has 1 aromatic carbocycles. The minimum Gasteiger partial charge on any atom is -0.493 e. The molecule has 0 fully saturated rings. The molecule has 3 N–H and O–H groups in total. The van der Waals surface area contributed by atoms with Crippen molar-refractivity contribution >= 4 is 28.2 Å². The van der Waals surface area contributed by atoms with Crippen LogP contribution in [0.5, 0.6) is 11.5 Å². The van der Waals surface area contributed by atoms with Crippen LogP contribution in [-0.2, 0) is 0 Å². The first-order valence-corrected chi connectivity index (χ1v) is 5.83. The van der Waals surface area contributed by atoms with E-state index in [-0.39, 0.29) is 6.61 Å². The zero-order valence-electron chi connectivity index (χ0n) is 10.0. The Balaban J connectivity index is 2.99. The van der Waals surface area contributed by atoms with Gasteiger partial charge >= 0.3 is 6.03 Å². The molecule has 0 saturated heterocycles. The molecule has 8 heteroatoms. The number of carbonyl (C=O) groups excluding carboxylic acids is 1. The number of nitrogens with two attached hydrogens (primary N) is 1. The number of carbonyl (C=O) groups is 1. The highest BCUT2D eigenvalue weighted by atomic mass is 79.9. The van der Waals surface area contributed by atoms with Gasteiger partial charge in [-0.2, -0.15) is 10.4 Å². The monoisotopic (exact) mass is 326 g/mol. The Bertz CT molecular complexity index is 539. The maximum absolute atomic E-state index is 10.5. The van der Waals surface area contributed by atoms with Crippen LogP contribution >= 0.6 is 15.9 Å². The van der Waals surface area contributed by atoms with E-state index in [1.165, 1.54) is 13.3 Å². The van der Waals surface area contributed by atoms with E-state index < -0.39 is 6.03 Å². The minimum absolute atomic E-state index is 0.0839. The number of rotatable bonds is 5. The van der Waals surface area contributed by atoms with Gasteiger partial charge in [-0.15, -0.1) is 0 Å². The van der Waals surface area contributed by atoms with Crippen LogP contribution in [0.2, 0.25) is 0 Å². The second kappa shape index (κ2) is 7.23. The van der Waals surface area contributed by atoms with Crippen LogP contribution in [0.1, 0.15) is 5.56 Å². The van der Waals surface area contributed by atoms with Crippen LogP contribution in [-0.4, -0.2) is 26.0 Å². The number of primary amides is 1. The highest BCUT2D eigenvalue weighted by Gasteiger charge is 2.09. The number of halogens is 1. The summed E-state index contributed by atoms with van der Waals surface area (Å²) < 4.78 is 11.0. The molecule has 0 heterocycles. The van der Waals surface area contributed by atoms with Crippen molar-refractivity contribution in [3.63, 3.8) is 0 Å². The van der Waals surface area contributed by atoms with Gasteiger partial charge in [-0.3, -0.25) is 0 Å². The lowest BCUT2D eigenvalue weighted by molar-refractivity contribution is 0.249. The normalized spacial score (nSPS) is 9.95. The second-order valence-electron chi connectivity index (χ2n) is 3.21. The molecule has 7 nitrogen and oxygen atoms in total. The van der Waals surface area contributed by atoms with Crippen LogP contribution in [0.3, 0.4) is 0 Å². The van der Waals surface area contributed by atoms with E-state index in [9.17, 15) is 4.79 Å². The summed E-state index contributed by atoms with van der Waals surface area (Å²) in [5.41, 5.74) is 7.61. The van der Waals surface area contributed by atoms with Crippen LogP contribution in [0.25, 0.3) is 0 Å². The summed E-state index contributed by atoms with van der Waals surface area (Å²) in [6.07, 6.45) is 1.39. The van der Waals surface area contributed by atoms with Gasteiger partial charge in [0.15, 0.2) is 18.1 Å². The third kappa shape index (κ3) is 4.48. The molecule has 0 radical (unpaired) electrons. The van der Waals surface area contributed by atoms with Crippen molar-refractivity contribution in [1.82, 2.24) is 5.43 Å². The predicted molar refractivity (Wildman–Crippen MR) is 72.1 cm³/mol. The number of urea groups is 1. The van der Waals surface area contributed by atoms with E-state index in [1.54, 1.807) is 12.1 Å². The fraction of sp³-hybridized carbons (Fsp3) is 0.182. The van der Waals surface area contributed by atoms with Gasteiger partial charge in [-0.05, 0) is 28.1 Å². The number of hydrazone groups is 1. The molecule has 0 saturated carbocycles. The Morgan fingerprint density at radius 1 is 1.63 bits per heavy atom. The SMILES string of the molecule is COc1cc(/C=N/NC(N)=O)c(Br)cc1OCC#N. The first-order chi connectivity index (χ1) is 9.08. The number of amides is 2. The van der Waals surface area contributed by atoms with Gasteiger partial charge in [0, 0.05) is 10.0 Å². The third-order valence-electron chi connectivity index (χ3n) is 1.95. The van der Waals surface area contributed by atoms with Crippen LogP contribution in [0.15, 0.2) is 21.7 Å². The van der Waals surface area contributed by atoms with Crippen LogP contribution in [0, 0.1) is 11.3 Å². The lowest BCUT2D eigenvalue weighted by atomic mass is 10.2. The number of nitrogens with zero attached hydrogens (tertiary/aromatic N) is 2.